The average molecular weight is 288 g/mol. The van der Waals surface area contributed by atoms with E-state index >= 15 is 0 Å². The van der Waals surface area contributed by atoms with Gasteiger partial charge in [-0.15, -0.1) is 6.58 Å². The summed E-state index contributed by atoms with van der Waals surface area (Å²) in [5.74, 6) is 0.549. The highest BCUT2D eigenvalue weighted by Crippen LogP contribution is 2.19. The molecule has 1 N–H and O–H groups in total. The van der Waals surface area contributed by atoms with Crippen LogP contribution in [-0.2, 0) is 4.74 Å². The predicted octanol–water partition coefficient (Wildman–Crippen LogP) is 3.44. The van der Waals surface area contributed by atoms with E-state index in [1.54, 1.807) is 6.08 Å². The number of rotatable bonds is 5. The van der Waals surface area contributed by atoms with Crippen LogP contribution < -0.4 is 5.32 Å². The lowest BCUT2D eigenvalue weighted by Crippen LogP contribution is -2.41. The highest BCUT2D eigenvalue weighted by molar-refractivity contribution is 5.89. The van der Waals surface area contributed by atoms with Gasteiger partial charge < -0.3 is 15.0 Å². The molecule has 1 saturated heterocycles. The zero-order chi connectivity index (χ0) is 15.1. The van der Waals surface area contributed by atoms with Crippen molar-refractivity contribution in [2.45, 2.75) is 19.8 Å². The van der Waals surface area contributed by atoms with Gasteiger partial charge in [-0.05, 0) is 43.4 Å². The summed E-state index contributed by atoms with van der Waals surface area (Å²) >= 11 is 0. The van der Waals surface area contributed by atoms with Gasteiger partial charge in [-0.2, -0.15) is 0 Å². The monoisotopic (exact) mass is 288 g/mol. The Kier molecular flexibility index (Phi) is 5.81. The minimum Gasteiger partial charge on any atom is -0.377 e. The van der Waals surface area contributed by atoms with Gasteiger partial charge in [-0.3, -0.25) is 0 Å². The van der Waals surface area contributed by atoms with Gasteiger partial charge in [-0.25, -0.2) is 4.79 Å². The Balaban J connectivity index is 1.76. The highest BCUT2D eigenvalue weighted by atomic mass is 16.5. The van der Waals surface area contributed by atoms with Gasteiger partial charge in [0.25, 0.3) is 0 Å². The molecular formula is C17H24N2O2. The highest BCUT2D eigenvalue weighted by Gasteiger charge is 2.22. The molecule has 1 fully saturated rings. The van der Waals surface area contributed by atoms with Crippen LogP contribution >= 0.6 is 0 Å². The molecule has 0 aromatic heterocycles. The number of aryl methyl sites for hydroxylation is 1. The molecule has 1 aliphatic heterocycles. The van der Waals surface area contributed by atoms with Crippen LogP contribution in [0.25, 0.3) is 0 Å². The smallest absolute Gasteiger partial charge is 0.321 e. The van der Waals surface area contributed by atoms with Crippen molar-refractivity contribution in [3.8, 4) is 0 Å². The molecule has 0 aliphatic carbocycles. The van der Waals surface area contributed by atoms with Crippen molar-refractivity contribution < 1.29 is 9.53 Å². The van der Waals surface area contributed by atoms with Crippen LogP contribution in [0.2, 0.25) is 0 Å². The second kappa shape index (κ2) is 7.84. The van der Waals surface area contributed by atoms with Crippen molar-refractivity contribution in [2.24, 2.45) is 5.92 Å². The SMILES string of the molecule is C=CCOCC1CCN(C(=O)Nc2cccc(C)c2)CC1. The van der Waals surface area contributed by atoms with Crippen molar-refractivity contribution in [3.63, 3.8) is 0 Å². The van der Waals surface area contributed by atoms with Crippen molar-refractivity contribution in [1.82, 2.24) is 4.90 Å². The zero-order valence-electron chi connectivity index (χ0n) is 12.7. The molecule has 1 aliphatic rings. The molecule has 0 saturated carbocycles. The third kappa shape index (κ3) is 4.90. The lowest BCUT2D eigenvalue weighted by molar-refractivity contribution is 0.0906. The lowest BCUT2D eigenvalue weighted by atomic mass is 9.98. The first-order valence-corrected chi connectivity index (χ1v) is 7.50. The van der Waals surface area contributed by atoms with Crippen molar-refractivity contribution in [3.05, 3.63) is 42.5 Å². The number of nitrogens with zero attached hydrogens (tertiary/aromatic N) is 1. The molecule has 1 aromatic carbocycles. The summed E-state index contributed by atoms with van der Waals surface area (Å²) < 4.78 is 5.49. The second-order valence-electron chi connectivity index (χ2n) is 5.56. The zero-order valence-corrected chi connectivity index (χ0v) is 12.7. The third-order valence-electron chi connectivity index (χ3n) is 3.76. The first-order chi connectivity index (χ1) is 10.2. The number of anilines is 1. The second-order valence-corrected chi connectivity index (χ2v) is 5.56. The van der Waals surface area contributed by atoms with Gasteiger partial charge in [0, 0.05) is 25.4 Å². The number of nitrogens with one attached hydrogen (secondary N) is 1. The molecule has 2 amide bonds. The predicted molar refractivity (Wildman–Crippen MR) is 85.5 cm³/mol. The molecule has 114 valence electrons. The van der Waals surface area contributed by atoms with Crippen molar-refractivity contribution in [2.75, 3.05) is 31.6 Å². The minimum atomic E-state index is -0.00828. The maximum absolute atomic E-state index is 12.2. The van der Waals surface area contributed by atoms with E-state index in [1.165, 1.54) is 0 Å². The van der Waals surface area contributed by atoms with E-state index in [-0.39, 0.29) is 6.03 Å². The van der Waals surface area contributed by atoms with Gasteiger partial charge in [0.2, 0.25) is 0 Å². The van der Waals surface area contributed by atoms with Gasteiger partial charge in [0.15, 0.2) is 0 Å². The summed E-state index contributed by atoms with van der Waals surface area (Å²) in [6.45, 7) is 8.61. The van der Waals surface area contributed by atoms with Gasteiger partial charge in [0.05, 0.1) is 6.61 Å². The molecule has 2 rings (SSSR count). The quantitative estimate of drug-likeness (QED) is 0.666. The van der Waals surface area contributed by atoms with Crippen LogP contribution in [0.1, 0.15) is 18.4 Å². The Bertz CT molecular complexity index is 479. The fourth-order valence-electron chi connectivity index (χ4n) is 2.55. The molecule has 1 heterocycles. The maximum atomic E-state index is 12.2. The summed E-state index contributed by atoms with van der Waals surface area (Å²) in [7, 11) is 0. The first kappa shape index (κ1) is 15.6. The number of carbonyl (C=O) groups excluding carboxylic acids is 1. The molecule has 0 unspecified atom stereocenters. The molecule has 0 atom stereocenters. The van der Waals surface area contributed by atoms with Crippen LogP contribution in [0.15, 0.2) is 36.9 Å². The first-order valence-electron chi connectivity index (χ1n) is 7.50. The number of carbonyl (C=O) groups is 1. The van der Waals surface area contributed by atoms with E-state index in [0.29, 0.717) is 12.5 Å². The summed E-state index contributed by atoms with van der Waals surface area (Å²) in [4.78, 5) is 14.1. The third-order valence-corrected chi connectivity index (χ3v) is 3.76. The normalized spacial score (nSPS) is 15.8. The molecule has 0 bridgehead atoms. The lowest BCUT2D eigenvalue weighted by Gasteiger charge is -2.31. The Hall–Kier alpha value is -1.81. The molecule has 21 heavy (non-hydrogen) atoms. The van der Waals surface area contributed by atoms with Crippen LogP contribution in [0.4, 0.5) is 10.5 Å². The molecule has 4 heteroatoms. The van der Waals surface area contributed by atoms with E-state index in [9.17, 15) is 4.79 Å². The molecule has 4 nitrogen and oxygen atoms in total. The van der Waals surface area contributed by atoms with Gasteiger partial charge in [-0.1, -0.05) is 18.2 Å². The number of urea groups is 1. The van der Waals surface area contributed by atoms with Gasteiger partial charge in [0.1, 0.15) is 0 Å². The minimum absolute atomic E-state index is 0.00828. The Morgan fingerprint density at radius 1 is 1.48 bits per heavy atom. The summed E-state index contributed by atoms with van der Waals surface area (Å²) in [6, 6.07) is 7.86. The molecule has 0 spiro atoms. The summed E-state index contributed by atoms with van der Waals surface area (Å²) in [5, 5.41) is 2.96. The van der Waals surface area contributed by atoms with Crippen LogP contribution in [-0.4, -0.2) is 37.2 Å². The fourth-order valence-corrected chi connectivity index (χ4v) is 2.55. The van der Waals surface area contributed by atoms with E-state index in [4.69, 9.17) is 4.74 Å². The van der Waals surface area contributed by atoms with E-state index in [1.807, 2.05) is 36.1 Å². The Labute approximate surface area is 126 Å². The van der Waals surface area contributed by atoms with Crippen molar-refractivity contribution >= 4 is 11.7 Å². The number of hydrogen-bond acceptors (Lipinski definition) is 2. The maximum Gasteiger partial charge on any atom is 0.321 e. The summed E-state index contributed by atoms with van der Waals surface area (Å²) in [5.41, 5.74) is 2.00. The Morgan fingerprint density at radius 3 is 2.90 bits per heavy atom. The average Bonchev–Trinajstić information content (AvgIpc) is 2.48. The molecule has 1 aromatic rings. The molecule has 0 radical (unpaired) electrons. The number of hydrogen-bond donors (Lipinski definition) is 1. The largest absolute Gasteiger partial charge is 0.377 e. The van der Waals surface area contributed by atoms with E-state index in [0.717, 1.165) is 43.8 Å². The standard InChI is InChI=1S/C17H24N2O2/c1-3-11-21-13-15-7-9-19(10-8-15)17(20)18-16-6-4-5-14(2)12-16/h3-6,12,15H,1,7-11,13H2,2H3,(H,18,20). The summed E-state index contributed by atoms with van der Waals surface area (Å²) in [6.07, 6.45) is 3.77. The molecular weight excluding hydrogens is 264 g/mol. The van der Waals surface area contributed by atoms with E-state index in [2.05, 4.69) is 11.9 Å². The van der Waals surface area contributed by atoms with Gasteiger partial charge >= 0.3 is 6.03 Å². The fraction of sp³-hybridized carbons (Fsp3) is 0.471. The van der Waals surface area contributed by atoms with Crippen LogP contribution in [0, 0.1) is 12.8 Å². The van der Waals surface area contributed by atoms with Crippen LogP contribution in [0.3, 0.4) is 0 Å². The number of piperidine rings is 1. The number of amides is 2. The Morgan fingerprint density at radius 2 is 2.24 bits per heavy atom. The number of ether oxygens (including phenoxy) is 1. The topological polar surface area (TPSA) is 41.6 Å². The van der Waals surface area contributed by atoms with Crippen LogP contribution in [0.5, 0.6) is 0 Å². The number of benzene rings is 1. The number of likely N-dealkylation sites (tertiary alicyclic amines) is 1. The van der Waals surface area contributed by atoms with E-state index < -0.39 is 0 Å². The van der Waals surface area contributed by atoms with Crippen molar-refractivity contribution in [1.29, 1.82) is 0 Å².